The van der Waals surface area contributed by atoms with Gasteiger partial charge in [-0.25, -0.2) is 0 Å². The van der Waals surface area contributed by atoms with Crippen molar-refractivity contribution in [3.8, 4) is 0 Å². The number of nitrogens with two attached hydrogens (primary N) is 3. The van der Waals surface area contributed by atoms with E-state index in [1.165, 1.54) is 32.5 Å². The molecule has 0 spiro atoms. The average molecular weight is 842 g/mol. The van der Waals surface area contributed by atoms with Gasteiger partial charge in [-0.15, -0.1) is 0 Å². The number of aliphatic hydroxyl groups excluding tert-OH is 1. The Kier molecular flexibility index (Phi) is 22.7. The number of nitrogens with one attached hydrogen (secondary N) is 7. The van der Waals surface area contributed by atoms with Gasteiger partial charge in [0.25, 0.3) is 0 Å². The lowest BCUT2D eigenvalue weighted by atomic mass is 9.84. The van der Waals surface area contributed by atoms with Crippen LogP contribution >= 0.6 is 11.8 Å². The highest BCUT2D eigenvalue weighted by Gasteiger charge is 2.35. The van der Waals surface area contributed by atoms with Crippen LogP contribution in [0.5, 0.6) is 0 Å². The van der Waals surface area contributed by atoms with Crippen LogP contribution in [0.3, 0.4) is 0 Å². The Bertz CT molecular complexity index is 1450. The van der Waals surface area contributed by atoms with Crippen LogP contribution in [0.1, 0.15) is 99.3 Å². The summed E-state index contributed by atoms with van der Waals surface area (Å²) in [5.41, 5.74) is 15.5. The number of carbonyl (C=O) groups excluding carboxylic acids is 8. The molecule has 0 saturated heterocycles. The van der Waals surface area contributed by atoms with Crippen LogP contribution in [0.2, 0.25) is 0 Å². The molecule has 21 heteroatoms. The largest absolute Gasteiger partial charge is 0.394 e. The van der Waals surface area contributed by atoms with Crippen molar-refractivity contribution in [3.05, 3.63) is 0 Å². The second-order valence-electron chi connectivity index (χ2n) is 15.8. The predicted molar refractivity (Wildman–Crippen MR) is 220 cm³/mol. The van der Waals surface area contributed by atoms with Crippen molar-refractivity contribution in [3.63, 3.8) is 0 Å². The third-order valence-electron chi connectivity index (χ3n) is 9.57. The number of carbonyl (C=O) groups is 8. The molecule has 0 aromatic rings. The van der Waals surface area contributed by atoms with Crippen LogP contribution < -0.4 is 54.4 Å². The Hall–Kier alpha value is -4.66. The first-order chi connectivity index (χ1) is 27.1. The van der Waals surface area contributed by atoms with E-state index in [0.29, 0.717) is 18.6 Å². The molecule has 0 bridgehead atoms. The maximum atomic E-state index is 13.6. The normalized spacial score (nSPS) is 16.7. The molecule has 1 aliphatic carbocycles. The molecule has 58 heavy (non-hydrogen) atoms. The fraction of sp³-hybridized carbons (Fsp3) is 0.757. The number of thioether (sulfide) groups is 1. The van der Waals surface area contributed by atoms with Gasteiger partial charge in [0.05, 0.1) is 6.61 Å². The maximum Gasteiger partial charge on any atom is 0.245 e. The summed E-state index contributed by atoms with van der Waals surface area (Å²) in [5, 5.41) is 27.7. The monoisotopic (exact) mass is 841 g/mol. The SMILES string of the molecule is CSCC[C@H](NC(=O)[C@H](C)NC(=O)[C@H](CCCN=C(N)N)NC(=O)[C@H](CC1CCCCC1)NC(C)=O)C(=O)N[C@@H](C)C(=O)N[C@@H](CO)C(=O)N[C@H](C(N)=O)C(C)(C)C. The van der Waals surface area contributed by atoms with Crippen LogP contribution in [0.15, 0.2) is 4.99 Å². The lowest BCUT2D eigenvalue weighted by Gasteiger charge is -2.30. The highest BCUT2D eigenvalue weighted by Crippen LogP contribution is 2.27. The minimum absolute atomic E-state index is 0.0960. The zero-order valence-corrected chi connectivity index (χ0v) is 35.7. The van der Waals surface area contributed by atoms with E-state index in [4.69, 9.17) is 17.2 Å². The highest BCUT2D eigenvalue weighted by molar-refractivity contribution is 7.98. The number of hydrogen-bond donors (Lipinski definition) is 11. The number of primary amides is 1. The van der Waals surface area contributed by atoms with Crippen LogP contribution in [-0.4, -0.2) is 126 Å². The molecule has 0 radical (unpaired) electrons. The summed E-state index contributed by atoms with van der Waals surface area (Å²) in [6, 6.07) is -8.15. The van der Waals surface area contributed by atoms with E-state index in [2.05, 4.69) is 42.2 Å². The molecule has 0 aromatic carbocycles. The predicted octanol–water partition coefficient (Wildman–Crippen LogP) is -2.26. The van der Waals surface area contributed by atoms with Gasteiger partial charge >= 0.3 is 0 Å². The van der Waals surface area contributed by atoms with Crippen molar-refractivity contribution in [2.75, 3.05) is 25.2 Å². The number of guanidine groups is 1. The Morgan fingerprint density at radius 3 is 1.64 bits per heavy atom. The van der Waals surface area contributed by atoms with Crippen molar-refractivity contribution in [2.45, 2.75) is 142 Å². The summed E-state index contributed by atoms with van der Waals surface area (Å²) in [6.45, 7) is 8.42. The smallest absolute Gasteiger partial charge is 0.245 e. The fourth-order valence-electron chi connectivity index (χ4n) is 6.29. The van der Waals surface area contributed by atoms with Gasteiger partial charge in [-0.1, -0.05) is 52.9 Å². The molecule has 8 amide bonds. The molecule has 0 aromatic heterocycles. The standard InChI is InChI=1S/C37H67N11O9S/c1-20(42-32(54)24(14-11-16-41-36(39)40)46-34(56)26(44-22(3)50)18-23-12-9-8-10-13-23)30(52)45-25(15-17-58-7)33(55)43-21(2)31(53)47-27(19-49)35(57)48-28(29(38)51)37(4,5)6/h20-21,23-28,49H,8-19H2,1-7H3,(H2,38,51)(H,42,54)(H,43,55)(H,44,50)(H,45,52)(H,46,56)(H,47,53)(H,48,57)(H4,39,40,41)/t20-,21-,24-,25-,26-,27-,28+/m0/s1. The van der Waals surface area contributed by atoms with Crippen molar-refractivity contribution in [2.24, 2.45) is 33.5 Å². The number of aliphatic hydroxyl groups is 1. The van der Waals surface area contributed by atoms with Crippen LogP contribution in [0.4, 0.5) is 0 Å². The van der Waals surface area contributed by atoms with E-state index < -0.39 is 102 Å². The summed E-state index contributed by atoms with van der Waals surface area (Å²) < 4.78 is 0. The first kappa shape index (κ1) is 51.4. The van der Waals surface area contributed by atoms with Crippen LogP contribution in [0, 0.1) is 11.3 Å². The summed E-state index contributed by atoms with van der Waals surface area (Å²) >= 11 is 1.40. The van der Waals surface area contributed by atoms with E-state index in [-0.39, 0.29) is 31.3 Å². The molecular weight excluding hydrogens is 775 g/mol. The van der Waals surface area contributed by atoms with Gasteiger partial charge in [-0.2, -0.15) is 11.8 Å². The van der Waals surface area contributed by atoms with Gasteiger partial charge in [0.1, 0.15) is 42.3 Å². The summed E-state index contributed by atoms with van der Waals surface area (Å²) in [4.78, 5) is 108. The molecule has 7 atom stereocenters. The molecule has 330 valence electrons. The summed E-state index contributed by atoms with van der Waals surface area (Å²) in [7, 11) is 0. The third kappa shape index (κ3) is 19.2. The lowest BCUT2D eigenvalue weighted by Crippen LogP contribution is -2.60. The number of nitrogens with zero attached hydrogens (tertiary/aromatic N) is 1. The summed E-state index contributed by atoms with van der Waals surface area (Å²) in [5.74, 6) is -5.07. The van der Waals surface area contributed by atoms with E-state index in [0.717, 1.165) is 32.1 Å². The minimum Gasteiger partial charge on any atom is -0.394 e. The van der Waals surface area contributed by atoms with Gasteiger partial charge in [-0.05, 0) is 62.9 Å². The molecule has 1 saturated carbocycles. The second kappa shape index (κ2) is 25.6. The number of aliphatic imine (C=N–C) groups is 1. The van der Waals surface area contributed by atoms with Gasteiger partial charge in [0.2, 0.25) is 47.3 Å². The first-order valence-corrected chi connectivity index (χ1v) is 21.0. The van der Waals surface area contributed by atoms with E-state index in [1.807, 2.05) is 0 Å². The van der Waals surface area contributed by atoms with Gasteiger partial charge in [0.15, 0.2) is 5.96 Å². The second-order valence-corrected chi connectivity index (χ2v) is 16.7. The molecule has 0 aliphatic heterocycles. The molecular formula is C37H67N11O9S. The molecule has 14 N–H and O–H groups in total. The zero-order chi connectivity index (χ0) is 44.2. The van der Waals surface area contributed by atoms with E-state index >= 15 is 0 Å². The van der Waals surface area contributed by atoms with E-state index in [9.17, 15) is 43.5 Å². The Labute approximate surface area is 345 Å². The molecule has 1 rings (SSSR count). The molecule has 0 unspecified atom stereocenters. The van der Waals surface area contributed by atoms with Gasteiger partial charge < -0.3 is 59.5 Å². The Balaban J connectivity index is 3.04. The Morgan fingerprint density at radius 2 is 1.17 bits per heavy atom. The average Bonchev–Trinajstić information content (AvgIpc) is 3.14. The number of rotatable bonds is 24. The highest BCUT2D eigenvalue weighted by atomic mass is 32.2. The Morgan fingerprint density at radius 1 is 0.690 bits per heavy atom. The zero-order valence-electron chi connectivity index (χ0n) is 34.9. The topological polar surface area (TPSA) is 331 Å². The number of amides is 8. The quantitative estimate of drug-likeness (QED) is 0.0279. The third-order valence-corrected chi connectivity index (χ3v) is 10.2. The molecule has 0 heterocycles. The molecule has 1 fully saturated rings. The van der Waals surface area contributed by atoms with Crippen molar-refractivity contribution >= 4 is 65.0 Å². The van der Waals surface area contributed by atoms with Gasteiger partial charge in [-0.3, -0.25) is 43.3 Å². The maximum absolute atomic E-state index is 13.6. The van der Waals surface area contributed by atoms with E-state index in [1.54, 1.807) is 27.0 Å². The minimum atomic E-state index is -1.47. The molecule has 20 nitrogen and oxygen atoms in total. The van der Waals surface area contributed by atoms with Gasteiger partial charge in [0, 0.05) is 13.5 Å². The number of hydrogen-bond acceptors (Lipinski definition) is 11. The first-order valence-electron chi connectivity index (χ1n) is 19.6. The molecule has 1 aliphatic rings. The van der Waals surface area contributed by atoms with Crippen molar-refractivity contribution < 1.29 is 43.5 Å². The fourth-order valence-corrected chi connectivity index (χ4v) is 6.76. The lowest BCUT2D eigenvalue weighted by molar-refractivity contribution is -0.136. The summed E-state index contributed by atoms with van der Waals surface area (Å²) in [6.07, 6.45) is 7.79. The van der Waals surface area contributed by atoms with Crippen LogP contribution in [0.25, 0.3) is 0 Å². The van der Waals surface area contributed by atoms with Crippen molar-refractivity contribution in [1.29, 1.82) is 0 Å². The van der Waals surface area contributed by atoms with Crippen molar-refractivity contribution in [1.82, 2.24) is 37.2 Å². The van der Waals surface area contributed by atoms with Crippen LogP contribution in [-0.2, 0) is 38.4 Å².